The fourth-order valence-corrected chi connectivity index (χ4v) is 8.58. The number of esters is 1. The van der Waals surface area contributed by atoms with Crippen LogP contribution >= 0.6 is 0 Å². The molecule has 0 radical (unpaired) electrons. The molecule has 0 aromatic carbocycles. The van der Waals surface area contributed by atoms with E-state index in [0.29, 0.717) is 6.42 Å². The van der Waals surface area contributed by atoms with E-state index in [1.54, 1.807) is 48.5 Å². The van der Waals surface area contributed by atoms with Gasteiger partial charge in [0.25, 0.3) is 0 Å². The Labute approximate surface area is 310 Å². The maximum absolute atomic E-state index is 14.2. The number of aliphatic hydroxyl groups is 4. The zero-order valence-electron chi connectivity index (χ0n) is 33.9. The third-order valence-corrected chi connectivity index (χ3v) is 12.3. The van der Waals surface area contributed by atoms with Gasteiger partial charge in [0.2, 0.25) is 0 Å². The third kappa shape index (κ3) is 9.38. The van der Waals surface area contributed by atoms with E-state index in [0.717, 1.165) is 0 Å². The van der Waals surface area contributed by atoms with Crippen LogP contribution < -0.4 is 0 Å². The van der Waals surface area contributed by atoms with Gasteiger partial charge in [-0.15, -0.1) is 0 Å². The Bertz CT molecular complexity index is 1190. The summed E-state index contributed by atoms with van der Waals surface area (Å²) in [6.07, 6.45) is -8.73. The molecule has 0 saturated carbocycles. The Morgan fingerprint density at radius 1 is 0.846 bits per heavy atom. The van der Waals surface area contributed by atoms with E-state index in [9.17, 15) is 30.0 Å². The fraction of sp³-hybridized carbons (Fsp3) is 0.947. The number of rotatable bonds is 8. The highest BCUT2D eigenvalue weighted by molar-refractivity contribution is 5.83. The van der Waals surface area contributed by atoms with Crippen molar-refractivity contribution in [3.8, 4) is 0 Å². The first-order chi connectivity index (χ1) is 24.0. The standard InChI is InChI=1S/C38H69NO13/c1-15-26-38(10,45)31(42)21(4)28(40)19(2)17-37(9,47-14)33(52-35-29(41)25(39(11)12)16-20(3)48-35)22(5)30(23(6)34(44)50-26)51-27-18-36(8,46-13)32(43)24(7)49-27/h19-27,29-33,35,41-43,45H,15-18H2,1-14H3/t19-,20-,21+,22+,23-,24+,25+,26-,27+,29-,30+,31-,32+,33-,35+,36-,37-,38-/m0/s1. The molecule has 52 heavy (non-hydrogen) atoms. The molecule has 3 heterocycles. The van der Waals surface area contributed by atoms with E-state index in [1.165, 1.54) is 21.1 Å². The Kier molecular flexibility index (Phi) is 15.3. The lowest BCUT2D eigenvalue weighted by atomic mass is 9.74. The summed E-state index contributed by atoms with van der Waals surface area (Å²) in [4.78, 5) is 30.1. The largest absolute Gasteiger partial charge is 0.459 e. The van der Waals surface area contributed by atoms with Crippen molar-refractivity contribution < 1.29 is 63.2 Å². The SMILES string of the molecule is CC[C@@H]1OC(=O)[C@@H](C)[C@H](O[C@@H]2C[C@](C)(OC)[C@H](O)[C@@H](C)O2)[C@@H](C)[C@H](O[C@H]2O[C@@H](C)C[C@@H](N(C)C)[C@@H]2O)[C@@](C)(OC)C[C@H](C)C(=O)[C@@H](C)[C@H](O)[C@@]1(C)O. The number of hydrogen-bond donors (Lipinski definition) is 4. The molecule has 14 heteroatoms. The summed E-state index contributed by atoms with van der Waals surface area (Å²) < 4.78 is 43.9. The second-order valence-corrected chi connectivity index (χ2v) is 16.6. The summed E-state index contributed by atoms with van der Waals surface area (Å²) in [5.41, 5.74) is -4.24. The number of cyclic esters (lactones) is 1. The van der Waals surface area contributed by atoms with Crippen LogP contribution in [0, 0.1) is 23.7 Å². The van der Waals surface area contributed by atoms with Gasteiger partial charge in [0.15, 0.2) is 12.6 Å². The van der Waals surface area contributed by atoms with Gasteiger partial charge < -0.3 is 58.5 Å². The molecule has 0 spiro atoms. The van der Waals surface area contributed by atoms with Gasteiger partial charge in [-0.2, -0.15) is 0 Å². The minimum absolute atomic E-state index is 0.111. The van der Waals surface area contributed by atoms with E-state index in [-0.39, 0.29) is 37.2 Å². The van der Waals surface area contributed by atoms with Crippen molar-refractivity contribution in [2.45, 2.75) is 179 Å². The molecule has 3 aliphatic rings. The van der Waals surface area contributed by atoms with Gasteiger partial charge in [0.1, 0.15) is 29.7 Å². The summed E-state index contributed by atoms with van der Waals surface area (Å²) in [7, 11) is 6.77. The van der Waals surface area contributed by atoms with Gasteiger partial charge in [0.05, 0.1) is 47.6 Å². The van der Waals surface area contributed by atoms with Crippen molar-refractivity contribution in [1.82, 2.24) is 4.90 Å². The number of carbonyl (C=O) groups is 2. The summed E-state index contributed by atoms with van der Waals surface area (Å²) in [5, 5.41) is 45.6. The van der Waals surface area contributed by atoms with Crippen LogP contribution in [0.4, 0.5) is 0 Å². The van der Waals surface area contributed by atoms with Crippen LogP contribution in [0.15, 0.2) is 0 Å². The van der Waals surface area contributed by atoms with Crippen LogP contribution in [0.1, 0.15) is 94.9 Å². The van der Waals surface area contributed by atoms with Crippen molar-refractivity contribution in [2.24, 2.45) is 23.7 Å². The summed E-state index contributed by atoms with van der Waals surface area (Å²) in [6.45, 7) is 17.1. The Balaban J connectivity index is 2.22. The van der Waals surface area contributed by atoms with Gasteiger partial charge in [-0.3, -0.25) is 9.59 Å². The second kappa shape index (κ2) is 17.7. The van der Waals surface area contributed by atoms with Crippen molar-refractivity contribution >= 4 is 11.8 Å². The average molecular weight is 748 g/mol. The molecule has 0 aromatic heterocycles. The van der Waals surface area contributed by atoms with E-state index >= 15 is 0 Å². The number of ketones is 1. The minimum Gasteiger partial charge on any atom is -0.459 e. The lowest BCUT2D eigenvalue weighted by Gasteiger charge is -2.50. The Morgan fingerprint density at radius 3 is 1.98 bits per heavy atom. The molecule has 0 unspecified atom stereocenters. The third-order valence-electron chi connectivity index (χ3n) is 12.3. The van der Waals surface area contributed by atoms with Gasteiger partial charge in [-0.25, -0.2) is 0 Å². The summed E-state index contributed by atoms with van der Waals surface area (Å²) in [5.74, 6) is -4.47. The van der Waals surface area contributed by atoms with Gasteiger partial charge >= 0.3 is 5.97 Å². The van der Waals surface area contributed by atoms with Crippen molar-refractivity contribution in [1.29, 1.82) is 0 Å². The van der Waals surface area contributed by atoms with Crippen LogP contribution in [0.5, 0.6) is 0 Å². The predicted octanol–water partition coefficient (Wildman–Crippen LogP) is 2.44. The van der Waals surface area contributed by atoms with Crippen molar-refractivity contribution in [3.63, 3.8) is 0 Å². The number of methoxy groups -OCH3 is 2. The van der Waals surface area contributed by atoms with E-state index < -0.39 is 102 Å². The number of Topliss-reactive ketones (excluding diaryl/α,β-unsaturated/α-hetero) is 1. The Hall–Kier alpha value is -1.30. The first-order valence-corrected chi connectivity index (χ1v) is 18.9. The zero-order valence-corrected chi connectivity index (χ0v) is 33.9. The molecule has 304 valence electrons. The molecule has 3 saturated heterocycles. The normalized spacial score (nSPS) is 49.0. The Morgan fingerprint density at radius 2 is 1.44 bits per heavy atom. The number of aliphatic hydroxyl groups excluding tert-OH is 3. The van der Waals surface area contributed by atoms with Crippen molar-refractivity contribution in [2.75, 3.05) is 28.3 Å². The second-order valence-electron chi connectivity index (χ2n) is 16.6. The van der Waals surface area contributed by atoms with E-state index in [1.807, 2.05) is 32.8 Å². The lowest BCUT2D eigenvalue weighted by molar-refractivity contribution is -0.319. The van der Waals surface area contributed by atoms with Crippen LogP contribution in [-0.2, 0) is 42.7 Å². The monoisotopic (exact) mass is 747 g/mol. The average Bonchev–Trinajstić information content (AvgIpc) is 3.09. The van der Waals surface area contributed by atoms with Gasteiger partial charge in [-0.1, -0.05) is 27.7 Å². The predicted molar refractivity (Wildman–Crippen MR) is 191 cm³/mol. The topological polar surface area (TPSA) is 183 Å². The molecular formula is C38H69NO13. The molecule has 0 aliphatic carbocycles. The smallest absolute Gasteiger partial charge is 0.311 e. The summed E-state index contributed by atoms with van der Waals surface area (Å²) >= 11 is 0. The van der Waals surface area contributed by atoms with Crippen LogP contribution in [0.3, 0.4) is 0 Å². The number of likely N-dealkylation sites (N-methyl/N-ethyl adjacent to an activating group) is 1. The quantitative estimate of drug-likeness (QED) is 0.266. The highest BCUT2D eigenvalue weighted by Gasteiger charge is 2.54. The van der Waals surface area contributed by atoms with Crippen LogP contribution in [-0.4, -0.2) is 150 Å². The maximum atomic E-state index is 14.2. The lowest BCUT2D eigenvalue weighted by Crippen LogP contribution is -2.61. The molecule has 18 atom stereocenters. The maximum Gasteiger partial charge on any atom is 0.311 e. The molecule has 3 rings (SSSR count). The first kappa shape index (κ1) is 45.1. The first-order valence-electron chi connectivity index (χ1n) is 18.9. The van der Waals surface area contributed by atoms with Crippen LogP contribution in [0.2, 0.25) is 0 Å². The fourth-order valence-electron chi connectivity index (χ4n) is 8.58. The highest BCUT2D eigenvalue weighted by atomic mass is 16.7. The molecule has 3 aliphatic heterocycles. The van der Waals surface area contributed by atoms with Crippen LogP contribution in [0.25, 0.3) is 0 Å². The zero-order chi connectivity index (χ0) is 39.7. The van der Waals surface area contributed by atoms with Gasteiger partial charge in [-0.05, 0) is 74.9 Å². The molecule has 0 aromatic rings. The molecule has 4 N–H and O–H groups in total. The van der Waals surface area contributed by atoms with Gasteiger partial charge in [0, 0.05) is 44.4 Å². The van der Waals surface area contributed by atoms with Crippen molar-refractivity contribution in [3.05, 3.63) is 0 Å². The molecule has 0 amide bonds. The highest BCUT2D eigenvalue weighted by Crippen LogP contribution is 2.41. The van der Waals surface area contributed by atoms with E-state index in [4.69, 9.17) is 33.2 Å². The number of hydrogen-bond acceptors (Lipinski definition) is 14. The molecule has 0 bridgehead atoms. The summed E-state index contributed by atoms with van der Waals surface area (Å²) in [6, 6.07) is -0.283. The number of carbonyl (C=O) groups excluding carboxylic acids is 2. The molecular weight excluding hydrogens is 678 g/mol. The van der Waals surface area contributed by atoms with E-state index in [2.05, 4.69) is 0 Å². The number of nitrogens with zero attached hydrogens (tertiary/aromatic N) is 1. The minimum atomic E-state index is -1.96. The number of ether oxygens (including phenoxy) is 7. The molecule has 14 nitrogen and oxygen atoms in total. The molecule has 3 fully saturated rings.